The minimum absolute atomic E-state index is 0.170. The first-order chi connectivity index (χ1) is 37.2. The zero-order chi connectivity index (χ0) is 55.5. The molecule has 0 aromatic carbocycles. The van der Waals surface area contributed by atoms with Gasteiger partial charge in [0.25, 0.3) is 0 Å². The van der Waals surface area contributed by atoms with Crippen molar-refractivity contribution in [3.05, 3.63) is 12.2 Å². The zero-order valence-corrected chi connectivity index (χ0v) is 50.9. The molecular weight excluding hydrogens is 976 g/mol. The molecule has 450 valence electrons. The number of carbonyl (C=O) groups is 3. The molecule has 0 saturated heterocycles. The number of aliphatic hydroxyl groups is 1. The first-order valence-corrected chi connectivity index (χ1v) is 34.1. The van der Waals surface area contributed by atoms with Crippen molar-refractivity contribution in [1.82, 2.24) is 0 Å². The monoisotopic (exact) mass is 1100 g/mol. The normalized spacial score (nSPS) is 13.3. The van der Waals surface area contributed by atoms with Crippen LogP contribution in [-0.4, -0.2) is 66.5 Å². The van der Waals surface area contributed by atoms with E-state index in [9.17, 15) is 28.9 Å². The van der Waals surface area contributed by atoms with E-state index in [1.54, 1.807) is 0 Å². The van der Waals surface area contributed by atoms with Crippen molar-refractivity contribution in [2.45, 2.75) is 354 Å². The van der Waals surface area contributed by atoms with Crippen LogP contribution >= 0.6 is 7.82 Å². The lowest BCUT2D eigenvalue weighted by atomic mass is 10.0. The second-order valence-electron chi connectivity index (χ2n) is 22.3. The second kappa shape index (κ2) is 59.3. The number of phosphoric acid groups is 1. The van der Waals surface area contributed by atoms with Gasteiger partial charge in [-0.1, -0.05) is 290 Å². The molecule has 0 amide bonds. The van der Waals surface area contributed by atoms with Crippen molar-refractivity contribution in [3.8, 4) is 0 Å². The van der Waals surface area contributed by atoms with Crippen LogP contribution in [0.1, 0.15) is 342 Å². The Morgan fingerprint density at radius 3 is 0.908 bits per heavy atom. The zero-order valence-electron chi connectivity index (χ0n) is 50.0. The molecule has 0 radical (unpaired) electrons. The highest BCUT2D eigenvalue weighted by Crippen LogP contribution is 2.43. The van der Waals surface area contributed by atoms with Gasteiger partial charge in [0.05, 0.1) is 19.8 Å². The predicted octanol–water partition coefficient (Wildman–Crippen LogP) is 19.6. The van der Waals surface area contributed by atoms with Gasteiger partial charge in [0.2, 0.25) is 0 Å². The molecular formula is C64H123O11P. The number of hydrogen-bond acceptors (Lipinski definition) is 10. The van der Waals surface area contributed by atoms with Crippen LogP contribution < -0.4 is 0 Å². The summed E-state index contributed by atoms with van der Waals surface area (Å²) in [6, 6.07) is 0. The van der Waals surface area contributed by atoms with Crippen LogP contribution in [0.4, 0.5) is 0 Å². The Morgan fingerprint density at radius 2 is 0.605 bits per heavy atom. The van der Waals surface area contributed by atoms with Crippen molar-refractivity contribution >= 4 is 25.7 Å². The van der Waals surface area contributed by atoms with E-state index in [0.717, 1.165) is 64.2 Å². The SMILES string of the molecule is CCCCCCCC/C=C\CCCCCCCCCC(=O)OC(COC(=O)CCCCCCCCCCCCCCCCCCC)COP(=O)(O)OCC(CO)OC(=O)CCCCCCCCCCCCCCCCC. The summed E-state index contributed by atoms with van der Waals surface area (Å²) in [5.74, 6) is -1.43. The van der Waals surface area contributed by atoms with Gasteiger partial charge in [-0.2, -0.15) is 0 Å². The molecule has 0 aliphatic heterocycles. The summed E-state index contributed by atoms with van der Waals surface area (Å²) >= 11 is 0. The molecule has 0 spiro atoms. The molecule has 0 aromatic heterocycles. The summed E-state index contributed by atoms with van der Waals surface area (Å²) in [5, 5.41) is 9.85. The largest absolute Gasteiger partial charge is 0.472 e. The molecule has 2 N–H and O–H groups in total. The highest BCUT2D eigenvalue weighted by atomic mass is 31.2. The van der Waals surface area contributed by atoms with Crippen LogP contribution in [0.15, 0.2) is 12.2 Å². The molecule has 0 rings (SSSR count). The first-order valence-electron chi connectivity index (χ1n) is 32.6. The quantitative estimate of drug-likeness (QED) is 0.0197. The van der Waals surface area contributed by atoms with Gasteiger partial charge in [0, 0.05) is 19.3 Å². The molecule has 3 unspecified atom stereocenters. The number of esters is 3. The van der Waals surface area contributed by atoms with E-state index < -0.39 is 57.8 Å². The van der Waals surface area contributed by atoms with Crippen LogP contribution in [0.25, 0.3) is 0 Å². The van der Waals surface area contributed by atoms with Gasteiger partial charge >= 0.3 is 25.7 Å². The van der Waals surface area contributed by atoms with Gasteiger partial charge in [-0.25, -0.2) is 4.57 Å². The third-order valence-corrected chi connectivity index (χ3v) is 15.6. The molecule has 3 atom stereocenters. The van der Waals surface area contributed by atoms with Gasteiger partial charge in [-0.15, -0.1) is 0 Å². The second-order valence-corrected chi connectivity index (χ2v) is 23.8. The number of allylic oxidation sites excluding steroid dienone is 2. The lowest BCUT2D eigenvalue weighted by Crippen LogP contribution is -2.30. The van der Waals surface area contributed by atoms with Gasteiger partial charge < -0.3 is 24.2 Å². The van der Waals surface area contributed by atoms with Crippen LogP contribution in [0.5, 0.6) is 0 Å². The molecule has 0 aliphatic rings. The van der Waals surface area contributed by atoms with E-state index in [1.807, 2.05) is 0 Å². The summed E-state index contributed by atoms with van der Waals surface area (Å²) < 4.78 is 39.7. The summed E-state index contributed by atoms with van der Waals surface area (Å²) in [7, 11) is -4.74. The fourth-order valence-corrected chi connectivity index (χ4v) is 10.5. The standard InChI is InChI=1S/C64H123O11P/c1-4-7-10-13-16-19-22-25-28-30-33-35-38-41-44-47-50-53-62(66)71-57-61(75-64(68)55-52-49-46-43-40-37-34-31-29-26-23-20-17-14-11-8-5-2)59-73-76(69,70)72-58-60(56-65)74-63(67)54-51-48-45-42-39-36-32-27-24-21-18-15-12-9-6-3/h26,29,60-61,65H,4-25,27-28,30-59H2,1-3H3,(H,69,70)/b29-26-. The molecule has 76 heavy (non-hydrogen) atoms. The Morgan fingerprint density at radius 1 is 0.355 bits per heavy atom. The topological polar surface area (TPSA) is 155 Å². The van der Waals surface area contributed by atoms with Gasteiger partial charge in [-0.3, -0.25) is 23.4 Å². The van der Waals surface area contributed by atoms with Crippen molar-refractivity contribution in [2.75, 3.05) is 26.4 Å². The number of aliphatic hydroxyl groups excluding tert-OH is 1. The molecule has 0 saturated carbocycles. The molecule has 12 heteroatoms. The van der Waals surface area contributed by atoms with Gasteiger partial charge in [0.1, 0.15) is 12.7 Å². The van der Waals surface area contributed by atoms with Crippen LogP contribution in [0.3, 0.4) is 0 Å². The lowest BCUT2D eigenvalue weighted by Gasteiger charge is -2.21. The Labute approximate surface area is 468 Å². The van der Waals surface area contributed by atoms with Crippen LogP contribution in [0.2, 0.25) is 0 Å². The molecule has 0 heterocycles. The van der Waals surface area contributed by atoms with Crippen LogP contribution in [-0.2, 0) is 42.2 Å². The smallest absolute Gasteiger partial charge is 0.462 e. The van der Waals surface area contributed by atoms with E-state index in [0.29, 0.717) is 19.3 Å². The Balaban J connectivity index is 4.65. The summed E-state index contributed by atoms with van der Waals surface area (Å²) in [5.41, 5.74) is 0. The van der Waals surface area contributed by atoms with Crippen molar-refractivity contribution < 1.29 is 52.2 Å². The van der Waals surface area contributed by atoms with Crippen molar-refractivity contribution in [2.24, 2.45) is 0 Å². The number of unbranched alkanes of at least 4 members (excludes halogenated alkanes) is 43. The molecule has 0 aliphatic carbocycles. The maximum absolute atomic E-state index is 12.9. The minimum atomic E-state index is -4.74. The minimum Gasteiger partial charge on any atom is -0.462 e. The maximum Gasteiger partial charge on any atom is 0.472 e. The fourth-order valence-electron chi connectivity index (χ4n) is 9.71. The highest BCUT2D eigenvalue weighted by molar-refractivity contribution is 7.47. The number of hydrogen-bond donors (Lipinski definition) is 2. The van der Waals surface area contributed by atoms with E-state index in [1.165, 1.54) is 218 Å². The van der Waals surface area contributed by atoms with Crippen molar-refractivity contribution in [1.29, 1.82) is 0 Å². The molecule has 0 fully saturated rings. The molecule has 0 aromatic rings. The van der Waals surface area contributed by atoms with E-state index in [-0.39, 0.29) is 25.9 Å². The Kier molecular flexibility index (Phi) is 58.0. The van der Waals surface area contributed by atoms with Gasteiger partial charge in [0.15, 0.2) is 6.10 Å². The fraction of sp³-hybridized carbons (Fsp3) is 0.922. The average molecular weight is 1100 g/mol. The highest BCUT2D eigenvalue weighted by Gasteiger charge is 2.28. The predicted molar refractivity (Wildman–Crippen MR) is 317 cm³/mol. The number of ether oxygens (including phenoxy) is 3. The maximum atomic E-state index is 12.9. The van der Waals surface area contributed by atoms with E-state index in [2.05, 4.69) is 32.9 Å². The molecule has 0 bridgehead atoms. The third kappa shape index (κ3) is 56.9. The van der Waals surface area contributed by atoms with Crippen LogP contribution in [0, 0.1) is 0 Å². The number of carbonyl (C=O) groups excluding carboxylic acids is 3. The van der Waals surface area contributed by atoms with E-state index >= 15 is 0 Å². The Hall–Kier alpha value is -1.78. The summed E-state index contributed by atoms with van der Waals surface area (Å²) in [6.07, 6.45) is 60.1. The average Bonchev–Trinajstić information content (AvgIpc) is 3.41. The van der Waals surface area contributed by atoms with Crippen molar-refractivity contribution in [3.63, 3.8) is 0 Å². The Bertz CT molecular complexity index is 1330. The molecule has 11 nitrogen and oxygen atoms in total. The number of rotatable bonds is 62. The van der Waals surface area contributed by atoms with E-state index in [4.69, 9.17) is 23.3 Å². The summed E-state index contributed by atoms with van der Waals surface area (Å²) in [4.78, 5) is 48.7. The van der Waals surface area contributed by atoms with Gasteiger partial charge in [-0.05, 0) is 44.9 Å². The first kappa shape index (κ1) is 74.2. The number of phosphoric ester groups is 1. The third-order valence-electron chi connectivity index (χ3n) is 14.7. The lowest BCUT2D eigenvalue weighted by molar-refractivity contribution is -0.161. The summed E-state index contributed by atoms with van der Waals surface area (Å²) in [6.45, 7) is 4.73.